The average molecular weight is 271 g/mol. The molecule has 0 saturated carbocycles. The van der Waals surface area contributed by atoms with E-state index in [1.165, 1.54) is 12.1 Å². The van der Waals surface area contributed by atoms with Gasteiger partial charge in [-0.2, -0.15) is 0 Å². The van der Waals surface area contributed by atoms with Crippen LogP contribution in [-0.2, 0) is 6.61 Å². The van der Waals surface area contributed by atoms with Gasteiger partial charge in [-0.25, -0.2) is 4.39 Å². The lowest BCUT2D eigenvalue weighted by Gasteiger charge is -2.08. The lowest BCUT2D eigenvalue weighted by molar-refractivity contribution is 0.305. The summed E-state index contributed by atoms with van der Waals surface area (Å²) in [6.45, 7) is 0.205. The lowest BCUT2D eigenvalue weighted by Crippen LogP contribution is -1.97. The zero-order valence-corrected chi connectivity index (χ0v) is 10.3. The highest BCUT2D eigenvalue weighted by Crippen LogP contribution is 2.25. The molecule has 0 amide bonds. The summed E-state index contributed by atoms with van der Waals surface area (Å²) in [5.74, 6) is 0.210. The van der Waals surface area contributed by atoms with Gasteiger partial charge in [-0.05, 0) is 24.3 Å². The molecule has 0 radical (unpaired) electrons. The molecule has 0 N–H and O–H groups in total. The maximum absolute atomic E-state index is 13.2. The monoisotopic (exact) mass is 270 g/mol. The van der Waals surface area contributed by atoms with Gasteiger partial charge in [0.15, 0.2) is 0 Å². The SMILES string of the molecule is Fc1cc(COc2ccccc2)c(Cl)cc1Cl. The largest absolute Gasteiger partial charge is 0.489 e. The third-order valence-electron chi connectivity index (χ3n) is 2.23. The van der Waals surface area contributed by atoms with E-state index in [4.69, 9.17) is 27.9 Å². The minimum atomic E-state index is -0.497. The van der Waals surface area contributed by atoms with Crippen LogP contribution in [0, 0.1) is 5.82 Å². The Hall–Kier alpha value is -1.25. The van der Waals surface area contributed by atoms with Gasteiger partial charge in [-0.1, -0.05) is 41.4 Å². The molecular formula is C13H9Cl2FO. The van der Waals surface area contributed by atoms with Gasteiger partial charge in [0.25, 0.3) is 0 Å². The molecule has 0 unspecified atom stereocenters. The summed E-state index contributed by atoms with van der Waals surface area (Å²) in [4.78, 5) is 0. The highest BCUT2D eigenvalue weighted by molar-refractivity contribution is 6.35. The van der Waals surface area contributed by atoms with Gasteiger partial charge in [0, 0.05) is 10.6 Å². The Labute approximate surface area is 109 Å². The first-order valence-corrected chi connectivity index (χ1v) is 5.73. The molecule has 2 rings (SSSR count). The first-order valence-electron chi connectivity index (χ1n) is 4.98. The van der Waals surface area contributed by atoms with E-state index in [1.54, 1.807) is 0 Å². The predicted octanol–water partition coefficient (Wildman–Crippen LogP) is 4.71. The smallest absolute Gasteiger partial charge is 0.142 e. The van der Waals surface area contributed by atoms with Crippen molar-refractivity contribution in [1.82, 2.24) is 0 Å². The Bertz CT molecular complexity index is 514. The standard InChI is InChI=1S/C13H9Cl2FO/c14-11-7-12(15)13(16)6-9(11)8-17-10-4-2-1-3-5-10/h1-7H,8H2. The Morgan fingerprint density at radius 1 is 1.00 bits per heavy atom. The number of halogens is 3. The summed E-state index contributed by atoms with van der Waals surface area (Å²) in [6.07, 6.45) is 0. The Morgan fingerprint density at radius 3 is 2.41 bits per heavy atom. The summed E-state index contributed by atoms with van der Waals surface area (Å²) >= 11 is 11.5. The summed E-state index contributed by atoms with van der Waals surface area (Å²) in [6, 6.07) is 11.9. The maximum Gasteiger partial charge on any atom is 0.142 e. The molecule has 0 heterocycles. The number of para-hydroxylation sites is 1. The van der Waals surface area contributed by atoms with Crippen LogP contribution < -0.4 is 4.74 Å². The van der Waals surface area contributed by atoms with Crippen molar-refractivity contribution >= 4 is 23.2 Å². The van der Waals surface area contributed by atoms with Crippen molar-refractivity contribution in [3.63, 3.8) is 0 Å². The third-order valence-corrected chi connectivity index (χ3v) is 2.87. The van der Waals surface area contributed by atoms with Gasteiger partial charge in [-0.3, -0.25) is 0 Å². The average Bonchev–Trinajstić information content (AvgIpc) is 2.33. The number of hydrogen-bond acceptors (Lipinski definition) is 1. The van der Waals surface area contributed by atoms with E-state index in [9.17, 15) is 4.39 Å². The molecule has 0 aliphatic heterocycles. The van der Waals surface area contributed by atoms with Crippen LogP contribution in [0.25, 0.3) is 0 Å². The molecule has 0 fully saturated rings. The molecule has 0 atom stereocenters. The Kier molecular flexibility index (Phi) is 3.87. The van der Waals surface area contributed by atoms with Crippen LogP contribution in [0.15, 0.2) is 42.5 Å². The molecule has 1 nitrogen and oxygen atoms in total. The van der Waals surface area contributed by atoms with Crippen LogP contribution in [0.1, 0.15) is 5.56 Å². The second kappa shape index (κ2) is 5.39. The molecule has 0 aromatic heterocycles. The lowest BCUT2D eigenvalue weighted by atomic mass is 10.2. The quantitative estimate of drug-likeness (QED) is 0.734. The van der Waals surface area contributed by atoms with E-state index in [0.29, 0.717) is 16.3 Å². The van der Waals surface area contributed by atoms with Gasteiger partial charge in [0.1, 0.15) is 18.2 Å². The van der Waals surface area contributed by atoms with E-state index in [0.717, 1.165) is 0 Å². The number of rotatable bonds is 3. The first-order chi connectivity index (χ1) is 8.16. The van der Waals surface area contributed by atoms with Gasteiger partial charge in [-0.15, -0.1) is 0 Å². The first kappa shape index (κ1) is 12.2. The van der Waals surface area contributed by atoms with E-state index in [1.807, 2.05) is 30.3 Å². The van der Waals surface area contributed by atoms with Crippen molar-refractivity contribution in [3.8, 4) is 5.75 Å². The van der Waals surface area contributed by atoms with Crippen LogP contribution in [0.3, 0.4) is 0 Å². The van der Waals surface area contributed by atoms with Crippen molar-refractivity contribution < 1.29 is 9.13 Å². The van der Waals surface area contributed by atoms with Crippen molar-refractivity contribution in [2.24, 2.45) is 0 Å². The minimum absolute atomic E-state index is 0.0125. The van der Waals surface area contributed by atoms with E-state index >= 15 is 0 Å². The second-order valence-electron chi connectivity index (χ2n) is 3.46. The molecule has 0 saturated heterocycles. The zero-order valence-electron chi connectivity index (χ0n) is 8.79. The fourth-order valence-corrected chi connectivity index (χ4v) is 1.79. The highest BCUT2D eigenvalue weighted by atomic mass is 35.5. The minimum Gasteiger partial charge on any atom is -0.489 e. The van der Waals surface area contributed by atoms with E-state index in [2.05, 4.69) is 0 Å². The molecule has 88 valence electrons. The molecule has 2 aromatic rings. The molecular weight excluding hydrogens is 262 g/mol. The fourth-order valence-electron chi connectivity index (χ4n) is 1.35. The molecule has 0 spiro atoms. The summed E-state index contributed by atoms with van der Waals surface area (Å²) in [5.41, 5.74) is 0.567. The summed E-state index contributed by atoms with van der Waals surface area (Å²) in [5, 5.41) is 0.408. The van der Waals surface area contributed by atoms with E-state index in [-0.39, 0.29) is 11.6 Å². The molecule has 4 heteroatoms. The second-order valence-corrected chi connectivity index (χ2v) is 4.27. The fraction of sp³-hybridized carbons (Fsp3) is 0.0769. The van der Waals surface area contributed by atoms with Gasteiger partial charge >= 0.3 is 0 Å². The molecule has 0 aliphatic rings. The topological polar surface area (TPSA) is 9.23 Å². The van der Waals surface area contributed by atoms with Gasteiger partial charge < -0.3 is 4.74 Å². The van der Waals surface area contributed by atoms with Crippen LogP contribution >= 0.6 is 23.2 Å². The van der Waals surface area contributed by atoms with Crippen molar-refractivity contribution in [3.05, 3.63) is 63.9 Å². The molecule has 17 heavy (non-hydrogen) atoms. The molecule has 2 aromatic carbocycles. The van der Waals surface area contributed by atoms with Crippen LogP contribution in [0.2, 0.25) is 10.0 Å². The molecule has 0 bridgehead atoms. The molecule has 0 aliphatic carbocycles. The maximum atomic E-state index is 13.2. The van der Waals surface area contributed by atoms with Crippen LogP contribution in [-0.4, -0.2) is 0 Å². The van der Waals surface area contributed by atoms with Crippen LogP contribution in [0.5, 0.6) is 5.75 Å². The number of benzene rings is 2. The van der Waals surface area contributed by atoms with Gasteiger partial charge in [0.05, 0.1) is 5.02 Å². The predicted molar refractivity (Wildman–Crippen MR) is 67.2 cm³/mol. The third kappa shape index (κ3) is 3.11. The summed E-state index contributed by atoms with van der Waals surface area (Å²) in [7, 11) is 0. The summed E-state index contributed by atoms with van der Waals surface area (Å²) < 4.78 is 18.7. The Morgan fingerprint density at radius 2 is 1.71 bits per heavy atom. The number of ether oxygens (including phenoxy) is 1. The van der Waals surface area contributed by atoms with Crippen LogP contribution in [0.4, 0.5) is 4.39 Å². The van der Waals surface area contributed by atoms with E-state index < -0.39 is 5.82 Å². The van der Waals surface area contributed by atoms with Crippen molar-refractivity contribution in [2.45, 2.75) is 6.61 Å². The number of hydrogen-bond donors (Lipinski definition) is 0. The zero-order chi connectivity index (χ0) is 12.3. The highest BCUT2D eigenvalue weighted by Gasteiger charge is 2.07. The van der Waals surface area contributed by atoms with Crippen molar-refractivity contribution in [2.75, 3.05) is 0 Å². The normalized spacial score (nSPS) is 10.3. The Balaban J connectivity index is 2.12. The van der Waals surface area contributed by atoms with Crippen molar-refractivity contribution in [1.29, 1.82) is 0 Å². The van der Waals surface area contributed by atoms with Gasteiger partial charge in [0.2, 0.25) is 0 Å².